The molecule has 35 heavy (non-hydrogen) atoms. The number of alkyl carbamates (subject to hydrolysis) is 1. The van der Waals surface area contributed by atoms with Crippen LogP contribution in [-0.4, -0.2) is 65.9 Å². The Balaban J connectivity index is 1.10. The van der Waals surface area contributed by atoms with Crippen LogP contribution in [0.2, 0.25) is 0 Å². The minimum Gasteiger partial charge on any atom is -0.481 e. The second kappa shape index (κ2) is 9.70. The zero-order valence-corrected chi connectivity index (χ0v) is 19.7. The van der Waals surface area contributed by atoms with Gasteiger partial charge >= 0.3 is 12.1 Å². The van der Waals surface area contributed by atoms with Gasteiger partial charge in [-0.15, -0.1) is 0 Å². The lowest BCUT2D eigenvalue weighted by Crippen LogP contribution is -2.43. The van der Waals surface area contributed by atoms with Gasteiger partial charge in [-0.25, -0.2) is 4.79 Å². The molecule has 2 fully saturated rings. The van der Waals surface area contributed by atoms with Crippen LogP contribution in [0.3, 0.4) is 0 Å². The Morgan fingerprint density at radius 2 is 1.69 bits per heavy atom. The minimum atomic E-state index is -0.870. The number of benzene rings is 2. The molecule has 5 rings (SSSR count). The summed E-state index contributed by atoms with van der Waals surface area (Å²) in [5, 5.41) is 12.1. The second-order valence-corrected chi connectivity index (χ2v) is 9.54. The first kappa shape index (κ1) is 23.4. The van der Waals surface area contributed by atoms with Gasteiger partial charge in [-0.05, 0) is 48.4 Å². The summed E-state index contributed by atoms with van der Waals surface area (Å²) in [5.41, 5.74) is 4.66. The number of rotatable bonds is 6. The molecule has 0 radical (unpaired) electrons. The van der Waals surface area contributed by atoms with Crippen molar-refractivity contribution < 1.29 is 29.0 Å². The number of likely N-dealkylation sites (tertiary alicyclic amines) is 1. The standard InChI is InChI=1S/C27H30N2O6/c1-16-18(26(31)32)12-13-29(16)25(30)24-11-10-17(35-24)14-28-27(33)34-15-23-21-8-4-2-6-19(21)20-7-3-5-9-22(20)23/h2-9,16-18,23-24H,10-15H2,1H3,(H,28,33)(H,31,32). The Labute approximate surface area is 204 Å². The minimum absolute atomic E-state index is 0.00467. The number of aliphatic carboxylic acids is 1. The number of carboxylic acids is 1. The van der Waals surface area contributed by atoms with Gasteiger partial charge in [-0.2, -0.15) is 0 Å². The maximum atomic E-state index is 12.9. The summed E-state index contributed by atoms with van der Waals surface area (Å²) in [7, 11) is 0. The molecule has 8 heteroatoms. The molecular weight excluding hydrogens is 448 g/mol. The highest BCUT2D eigenvalue weighted by atomic mass is 16.5. The number of ether oxygens (including phenoxy) is 2. The van der Waals surface area contributed by atoms with Crippen molar-refractivity contribution in [3.63, 3.8) is 0 Å². The van der Waals surface area contributed by atoms with E-state index in [-0.39, 0.29) is 37.1 Å². The molecule has 0 saturated carbocycles. The van der Waals surface area contributed by atoms with E-state index in [4.69, 9.17) is 9.47 Å². The molecule has 0 aromatic heterocycles. The monoisotopic (exact) mass is 478 g/mol. The summed E-state index contributed by atoms with van der Waals surface area (Å²) in [5.74, 6) is -1.57. The van der Waals surface area contributed by atoms with Crippen LogP contribution >= 0.6 is 0 Å². The molecule has 2 amide bonds. The average molecular weight is 479 g/mol. The number of amides is 2. The molecule has 0 spiro atoms. The zero-order valence-electron chi connectivity index (χ0n) is 19.7. The van der Waals surface area contributed by atoms with Crippen LogP contribution in [-0.2, 0) is 19.1 Å². The Bertz CT molecular complexity index is 1090. The van der Waals surface area contributed by atoms with E-state index in [9.17, 15) is 19.5 Å². The highest BCUT2D eigenvalue weighted by Crippen LogP contribution is 2.44. The van der Waals surface area contributed by atoms with Crippen LogP contribution in [0.15, 0.2) is 48.5 Å². The van der Waals surface area contributed by atoms with Gasteiger partial charge in [0.15, 0.2) is 0 Å². The van der Waals surface area contributed by atoms with Crippen LogP contribution in [0.1, 0.15) is 43.2 Å². The molecule has 8 nitrogen and oxygen atoms in total. The Morgan fingerprint density at radius 3 is 2.31 bits per heavy atom. The third-order valence-electron chi connectivity index (χ3n) is 7.56. The van der Waals surface area contributed by atoms with Crippen molar-refractivity contribution in [3.05, 3.63) is 59.7 Å². The lowest BCUT2D eigenvalue weighted by Gasteiger charge is -2.26. The molecule has 2 aromatic carbocycles. The summed E-state index contributed by atoms with van der Waals surface area (Å²) in [6.07, 6.45) is 0.267. The van der Waals surface area contributed by atoms with Crippen molar-refractivity contribution in [2.75, 3.05) is 19.7 Å². The van der Waals surface area contributed by atoms with Gasteiger partial charge in [-0.3, -0.25) is 9.59 Å². The summed E-state index contributed by atoms with van der Waals surface area (Å²) in [6.45, 7) is 2.70. The molecule has 2 aliphatic heterocycles. The Kier molecular flexibility index (Phi) is 6.47. The predicted molar refractivity (Wildman–Crippen MR) is 128 cm³/mol. The summed E-state index contributed by atoms with van der Waals surface area (Å²) < 4.78 is 11.5. The lowest BCUT2D eigenvalue weighted by molar-refractivity contribution is -0.146. The van der Waals surface area contributed by atoms with E-state index in [0.717, 1.165) is 11.1 Å². The van der Waals surface area contributed by atoms with Gasteiger partial charge < -0.3 is 24.8 Å². The Hall–Kier alpha value is -3.39. The van der Waals surface area contributed by atoms with E-state index in [0.29, 0.717) is 25.8 Å². The van der Waals surface area contributed by atoms with Crippen molar-refractivity contribution in [3.8, 4) is 11.1 Å². The molecule has 4 unspecified atom stereocenters. The Morgan fingerprint density at radius 1 is 1.03 bits per heavy atom. The fourth-order valence-corrected chi connectivity index (χ4v) is 5.65. The van der Waals surface area contributed by atoms with Crippen molar-refractivity contribution in [2.24, 2.45) is 5.92 Å². The number of nitrogens with one attached hydrogen (secondary N) is 1. The maximum Gasteiger partial charge on any atom is 0.407 e. The second-order valence-electron chi connectivity index (χ2n) is 9.54. The van der Waals surface area contributed by atoms with E-state index in [1.165, 1.54) is 11.1 Å². The average Bonchev–Trinajstić information content (AvgIpc) is 3.57. The quantitative estimate of drug-likeness (QED) is 0.659. The smallest absolute Gasteiger partial charge is 0.407 e. The first-order chi connectivity index (χ1) is 16.9. The van der Waals surface area contributed by atoms with Crippen molar-refractivity contribution in [1.29, 1.82) is 0 Å². The normalized spacial score (nSPS) is 25.2. The van der Waals surface area contributed by atoms with Crippen molar-refractivity contribution >= 4 is 18.0 Å². The molecule has 4 atom stereocenters. The zero-order chi connectivity index (χ0) is 24.5. The highest BCUT2D eigenvalue weighted by Gasteiger charge is 2.42. The number of fused-ring (bicyclic) bond motifs is 3. The fourth-order valence-electron chi connectivity index (χ4n) is 5.65. The summed E-state index contributed by atoms with van der Waals surface area (Å²) in [4.78, 5) is 38.2. The van der Waals surface area contributed by atoms with Gasteiger partial charge in [0, 0.05) is 25.0 Å². The fraction of sp³-hybridized carbons (Fsp3) is 0.444. The van der Waals surface area contributed by atoms with E-state index in [1.54, 1.807) is 11.8 Å². The van der Waals surface area contributed by atoms with E-state index in [2.05, 4.69) is 29.6 Å². The van der Waals surface area contributed by atoms with Crippen LogP contribution in [0.25, 0.3) is 11.1 Å². The molecule has 2 saturated heterocycles. The summed E-state index contributed by atoms with van der Waals surface area (Å²) in [6, 6.07) is 16.0. The van der Waals surface area contributed by atoms with E-state index >= 15 is 0 Å². The van der Waals surface area contributed by atoms with Gasteiger partial charge in [0.2, 0.25) is 0 Å². The summed E-state index contributed by atoms with van der Waals surface area (Å²) >= 11 is 0. The molecule has 2 aromatic rings. The SMILES string of the molecule is CC1C(C(=O)O)CCN1C(=O)C1CCC(CNC(=O)OCC2c3ccccc3-c3ccccc32)O1. The molecule has 2 heterocycles. The first-order valence-electron chi connectivity index (χ1n) is 12.2. The number of nitrogens with zero attached hydrogens (tertiary/aromatic N) is 1. The van der Waals surface area contributed by atoms with Crippen LogP contribution in [0.5, 0.6) is 0 Å². The first-order valence-corrected chi connectivity index (χ1v) is 12.2. The van der Waals surface area contributed by atoms with E-state index in [1.807, 2.05) is 24.3 Å². The molecule has 3 aliphatic rings. The number of carbonyl (C=O) groups is 3. The number of carbonyl (C=O) groups excluding carboxylic acids is 2. The third kappa shape index (κ3) is 4.50. The largest absolute Gasteiger partial charge is 0.481 e. The van der Waals surface area contributed by atoms with Crippen LogP contribution in [0, 0.1) is 5.92 Å². The van der Waals surface area contributed by atoms with Gasteiger partial charge in [-0.1, -0.05) is 48.5 Å². The lowest BCUT2D eigenvalue weighted by atomic mass is 9.98. The highest BCUT2D eigenvalue weighted by molar-refractivity contribution is 5.83. The van der Waals surface area contributed by atoms with Crippen LogP contribution < -0.4 is 5.32 Å². The molecule has 1 aliphatic carbocycles. The molecule has 184 valence electrons. The predicted octanol–water partition coefficient (Wildman–Crippen LogP) is 3.39. The van der Waals surface area contributed by atoms with Crippen molar-refractivity contribution in [2.45, 2.75) is 50.4 Å². The molecule has 2 N–H and O–H groups in total. The van der Waals surface area contributed by atoms with Gasteiger partial charge in [0.05, 0.1) is 12.0 Å². The number of carboxylic acid groups (broad SMARTS) is 1. The topological polar surface area (TPSA) is 105 Å². The van der Waals surface area contributed by atoms with Gasteiger partial charge in [0.25, 0.3) is 5.91 Å². The maximum absolute atomic E-state index is 12.9. The molecular formula is C27H30N2O6. The van der Waals surface area contributed by atoms with Crippen LogP contribution in [0.4, 0.5) is 4.79 Å². The number of hydrogen-bond acceptors (Lipinski definition) is 5. The third-order valence-corrected chi connectivity index (χ3v) is 7.56. The number of hydrogen-bond donors (Lipinski definition) is 2. The molecule has 0 bridgehead atoms. The van der Waals surface area contributed by atoms with Gasteiger partial charge in [0.1, 0.15) is 12.7 Å². The van der Waals surface area contributed by atoms with E-state index < -0.39 is 24.1 Å². The van der Waals surface area contributed by atoms with Crippen molar-refractivity contribution in [1.82, 2.24) is 10.2 Å².